The molecule has 5 nitrogen and oxygen atoms in total. The minimum Gasteiger partial charge on any atom is -0.493 e. The van der Waals surface area contributed by atoms with Crippen molar-refractivity contribution in [2.45, 2.75) is 18.9 Å². The lowest BCUT2D eigenvalue weighted by Gasteiger charge is -2.26. The molecular weight excluding hydrogens is 348 g/mol. The van der Waals surface area contributed by atoms with Crippen LogP contribution in [-0.4, -0.2) is 36.6 Å². The molecule has 6 heteroatoms. The standard InChI is InChI=1S/C20H20N2O3S/c1-24-17-8-6-13(10-18(17)25-2)16-4-3-9-22(16)20(23)14-5-7-15-19(11-14)26-12-21-15/h5-8,10-12,16H,3-4,9H2,1-2H3/t16-/m1/s1. The molecular formula is C20H20N2O3S. The van der Waals surface area contributed by atoms with E-state index in [0.717, 1.165) is 35.2 Å². The molecule has 2 aromatic carbocycles. The van der Waals surface area contributed by atoms with Gasteiger partial charge in [-0.3, -0.25) is 4.79 Å². The highest BCUT2D eigenvalue weighted by molar-refractivity contribution is 7.16. The number of hydrogen-bond donors (Lipinski definition) is 0. The third-order valence-electron chi connectivity index (χ3n) is 4.88. The third kappa shape index (κ3) is 2.90. The number of methoxy groups -OCH3 is 2. The number of ether oxygens (including phenoxy) is 2. The van der Waals surface area contributed by atoms with E-state index < -0.39 is 0 Å². The molecule has 1 aliphatic heterocycles. The summed E-state index contributed by atoms with van der Waals surface area (Å²) in [5.41, 5.74) is 4.53. The Morgan fingerprint density at radius 3 is 2.81 bits per heavy atom. The molecule has 1 atom stereocenters. The van der Waals surface area contributed by atoms with E-state index in [1.54, 1.807) is 31.1 Å². The Balaban J connectivity index is 1.64. The SMILES string of the molecule is COc1ccc([C@H]2CCCN2C(=O)c2ccc3ncsc3c2)cc1OC. The summed E-state index contributed by atoms with van der Waals surface area (Å²) < 4.78 is 11.8. The predicted molar refractivity (Wildman–Crippen MR) is 102 cm³/mol. The first-order chi connectivity index (χ1) is 12.7. The highest BCUT2D eigenvalue weighted by Gasteiger charge is 2.31. The number of nitrogens with zero attached hydrogens (tertiary/aromatic N) is 2. The van der Waals surface area contributed by atoms with Crippen LogP contribution in [0.3, 0.4) is 0 Å². The number of carbonyl (C=O) groups excluding carboxylic acids is 1. The maximum atomic E-state index is 13.1. The summed E-state index contributed by atoms with van der Waals surface area (Å²) in [7, 11) is 3.25. The number of benzene rings is 2. The van der Waals surface area contributed by atoms with E-state index in [4.69, 9.17) is 9.47 Å². The Kier molecular flexibility index (Phi) is 4.51. The van der Waals surface area contributed by atoms with E-state index in [9.17, 15) is 4.79 Å². The Labute approximate surface area is 156 Å². The van der Waals surface area contributed by atoms with Gasteiger partial charge >= 0.3 is 0 Å². The van der Waals surface area contributed by atoms with Crippen LogP contribution < -0.4 is 9.47 Å². The van der Waals surface area contributed by atoms with Gasteiger partial charge in [-0.1, -0.05) is 6.07 Å². The lowest BCUT2D eigenvalue weighted by Crippen LogP contribution is -2.30. The zero-order valence-electron chi connectivity index (χ0n) is 14.8. The van der Waals surface area contributed by atoms with Crippen molar-refractivity contribution in [2.24, 2.45) is 0 Å². The minimum atomic E-state index is 0.0551. The van der Waals surface area contributed by atoms with Crippen molar-refractivity contribution in [3.8, 4) is 11.5 Å². The zero-order valence-corrected chi connectivity index (χ0v) is 15.6. The highest BCUT2D eigenvalue weighted by Crippen LogP contribution is 2.37. The van der Waals surface area contributed by atoms with Gasteiger partial charge in [-0.15, -0.1) is 11.3 Å². The summed E-state index contributed by atoms with van der Waals surface area (Å²) in [5.74, 6) is 1.45. The Hall–Kier alpha value is -2.60. The van der Waals surface area contributed by atoms with Gasteiger partial charge < -0.3 is 14.4 Å². The molecule has 0 radical (unpaired) electrons. The molecule has 0 spiro atoms. The average molecular weight is 368 g/mol. The van der Waals surface area contributed by atoms with Crippen molar-refractivity contribution in [1.82, 2.24) is 9.88 Å². The molecule has 3 aromatic rings. The fourth-order valence-electron chi connectivity index (χ4n) is 3.57. The molecule has 1 amide bonds. The van der Waals surface area contributed by atoms with Gasteiger partial charge in [-0.25, -0.2) is 4.98 Å². The van der Waals surface area contributed by atoms with E-state index in [-0.39, 0.29) is 11.9 Å². The van der Waals surface area contributed by atoms with Crippen LogP contribution in [0.25, 0.3) is 10.2 Å². The van der Waals surface area contributed by atoms with Crippen molar-refractivity contribution in [2.75, 3.05) is 20.8 Å². The highest BCUT2D eigenvalue weighted by atomic mass is 32.1. The van der Waals surface area contributed by atoms with Crippen LogP contribution in [-0.2, 0) is 0 Å². The molecule has 1 saturated heterocycles. The first-order valence-corrected chi connectivity index (χ1v) is 9.45. The molecule has 0 unspecified atom stereocenters. The normalized spacial score (nSPS) is 16.8. The number of rotatable bonds is 4. The van der Waals surface area contributed by atoms with Crippen LogP contribution in [0, 0.1) is 0 Å². The molecule has 1 aromatic heterocycles. The van der Waals surface area contributed by atoms with E-state index in [2.05, 4.69) is 4.98 Å². The Morgan fingerprint density at radius 1 is 1.15 bits per heavy atom. The summed E-state index contributed by atoms with van der Waals surface area (Å²) in [5, 5.41) is 0. The van der Waals surface area contributed by atoms with Crippen molar-refractivity contribution in [1.29, 1.82) is 0 Å². The number of aromatic nitrogens is 1. The minimum absolute atomic E-state index is 0.0551. The Morgan fingerprint density at radius 2 is 2.00 bits per heavy atom. The molecule has 0 aliphatic carbocycles. The van der Waals surface area contributed by atoms with Crippen LogP contribution in [0.2, 0.25) is 0 Å². The molecule has 0 bridgehead atoms. The molecule has 1 fully saturated rings. The maximum absolute atomic E-state index is 13.1. The lowest BCUT2D eigenvalue weighted by molar-refractivity contribution is 0.0735. The summed E-state index contributed by atoms with van der Waals surface area (Å²) in [4.78, 5) is 19.4. The third-order valence-corrected chi connectivity index (χ3v) is 5.68. The number of hydrogen-bond acceptors (Lipinski definition) is 5. The van der Waals surface area contributed by atoms with E-state index in [1.165, 1.54) is 0 Å². The second-order valence-electron chi connectivity index (χ2n) is 6.31. The lowest BCUT2D eigenvalue weighted by atomic mass is 10.0. The number of thiazole rings is 1. The quantitative estimate of drug-likeness (QED) is 0.689. The number of likely N-dealkylation sites (tertiary alicyclic amines) is 1. The van der Waals surface area contributed by atoms with E-state index >= 15 is 0 Å². The van der Waals surface area contributed by atoms with Crippen LogP contribution >= 0.6 is 11.3 Å². The van der Waals surface area contributed by atoms with Crippen molar-refractivity contribution in [3.63, 3.8) is 0 Å². The van der Waals surface area contributed by atoms with Crippen LogP contribution in [0.5, 0.6) is 11.5 Å². The monoisotopic (exact) mass is 368 g/mol. The van der Waals surface area contributed by atoms with Gasteiger partial charge in [-0.2, -0.15) is 0 Å². The largest absolute Gasteiger partial charge is 0.493 e. The summed E-state index contributed by atoms with van der Waals surface area (Å²) in [6.07, 6.45) is 1.94. The molecule has 0 saturated carbocycles. The van der Waals surface area contributed by atoms with Crippen LogP contribution in [0.1, 0.15) is 34.8 Å². The smallest absolute Gasteiger partial charge is 0.254 e. The first-order valence-electron chi connectivity index (χ1n) is 8.57. The fraction of sp³-hybridized carbons (Fsp3) is 0.300. The van der Waals surface area contributed by atoms with E-state index in [0.29, 0.717) is 17.1 Å². The molecule has 134 valence electrons. The summed E-state index contributed by atoms with van der Waals surface area (Å²) in [6, 6.07) is 11.7. The average Bonchev–Trinajstić information content (AvgIpc) is 3.35. The second kappa shape index (κ2) is 6.96. The summed E-state index contributed by atoms with van der Waals surface area (Å²) >= 11 is 1.56. The first kappa shape index (κ1) is 16.8. The van der Waals surface area contributed by atoms with Gasteiger partial charge in [0, 0.05) is 12.1 Å². The fourth-order valence-corrected chi connectivity index (χ4v) is 4.29. The van der Waals surface area contributed by atoms with Gasteiger partial charge in [0.25, 0.3) is 5.91 Å². The number of fused-ring (bicyclic) bond motifs is 1. The number of carbonyl (C=O) groups is 1. The van der Waals surface area contributed by atoms with Crippen LogP contribution in [0.15, 0.2) is 41.9 Å². The van der Waals surface area contributed by atoms with Crippen molar-refractivity contribution < 1.29 is 14.3 Å². The second-order valence-corrected chi connectivity index (χ2v) is 7.19. The van der Waals surface area contributed by atoms with Crippen LogP contribution in [0.4, 0.5) is 0 Å². The molecule has 4 rings (SSSR count). The number of amides is 1. The predicted octanol–water partition coefficient (Wildman–Crippen LogP) is 4.29. The molecule has 2 heterocycles. The van der Waals surface area contributed by atoms with Gasteiger partial charge in [0.05, 0.1) is 36.0 Å². The van der Waals surface area contributed by atoms with Gasteiger partial charge in [0.2, 0.25) is 0 Å². The molecule has 1 aliphatic rings. The maximum Gasteiger partial charge on any atom is 0.254 e. The topological polar surface area (TPSA) is 51.7 Å². The van der Waals surface area contributed by atoms with E-state index in [1.807, 2.05) is 41.3 Å². The van der Waals surface area contributed by atoms with Crippen molar-refractivity contribution >= 4 is 27.5 Å². The molecule has 26 heavy (non-hydrogen) atoms. The Bertz CT molecular complexity index is 953. The van der Waals surface area contributed by atoms with Gasteiger partial charge in [-0.05, 0) is 48.7 Å². The van der Waals surface area contributed by atoms with Gasteiger partial charge in [0.1, 0.15) is 0 Å². The summed E-state index contributed by atoms with van der Waals surface area (Å²) in [6.45, 7) is 0.762. The molecule has 0 N–H and O–H groups in total. The zero-order chi connectivity index (χ0) is 18.1. The van der Waals surface area contributed by atoms with Gasteiger partial charge in [0.15, 0.2) is 11.5 Å². The van der Waals surface area contributed by atoms with Crippen molar-refractivity contribution in [3.05, 3.63) is 53.0 Å².